The van der Waals surface area contributed by atoms with Crippen molar-refractivity contribution in [1.29, 1.82) is 0 Å². The summed E-state index contributed by atoms with van der Waals surface area (Å²) in [6, 6.07) is 78.2. The number of benzene rings is 9. The van der Waals surface area contributed by atoms with Crippen LogP contribution in [0.1, 0.15) is 0 Å². The third-order valence-corrected chi connectivity index (χ3v) is 11.2. The summed E-state index contributed by atoms with van der Waals surface area (Å²) >= 11 is 0. The van der Waals surface area contributed by atoms with Crippen LogP contribution in [0, 0.1) is 0 Å². The van der Waals surface area contributed by atoms with E-state index >= 15 is 0 Å². The first-order chi connectivity index (χ1) is 28.3. The van der Waals surface area contributed by atoms with Crippen molar-refractivity contribution in [2.75, 3.05) is 4.90 Å². The monoisotopic (exact) mass is 728 g/mol. The molecule has 3 nitrogen and oxygen atoms in total. The number of aromatic nitrogens is 1. The molecule has 0 radical (unpaired) electrons. The Morgan fingerprint density at radius 1 is 0.351 bits per heavy atom. The van der Waals surface area contributed by atoms with Gasteiger partial charge < -0.3 is 13.9 Å². The van der Waals surface area contributed by atoms with E-state index in [0.29, 0.717) is 0 Å². The minimum absolute atomic E-state index is 0.859. The number of hydrogen-bond donors (Lipinski definition) is 0. The molecule has 9 aromatic carbocycles. The zero-order chi connectivity index (χ0) is 37.7. The predicted octanol–water partition coefficient (Wildman–Crippen LogP) is 15.2. The molecular formula is C54H36N2O. The molecule has 0 aliphatic rings. The summed E-state index contributed by atoms with van der Waals surface area (Å²) in [4.78, 5) is 2.39. The van der Waals surface area contributed by atoms with Crippen molar-refractivity contribution in [3.8, 4) is 39.1 Å². The number of para-hydroxylation sites is 4. The first-order valence-corrected chi connectivity index (χ1v) is 19.4. The highest BCUT2D eigenvalue weighted by molar-refractivity contribution is 6.14. The summed E-state index contributed by atoms with van der Waals surface area (Å²) in [6.07, 6.45) is 0. The molecule has 0 amide bonds. The second kappa shape index (κ2) is 13.6. The van der Waals surface area contributed by atoms with Crippen molar-refractivity contribution in [1.82, 2.24) is 4.57 Å². The van der Waals surface area contributed by atoms with Gasteiger partial charge in [0.15, 0.2) is 0 Å². The maximum atomic E-state index is 6.46. The summed E-state index contributed by atoms with van der Waals surface area (Å²) in [5, 5.41) is 4.68. The van der Waals surface area contributed by atoms with Crippen molar-refractivity contribution < 1.29 is 4.42 Å². The van der Waals surface area contributed by atoms with Crippen molar-refractivity contribution in [2.24, 2.45) is 0 Å². The largest absolute Gasteiger partial charge is 0.456 e. The Morgan fingerprint density at radius 3 is 1.56 bits per heavy atom. The molecule has 2 aromatic heterocycles. The first kappa shape index (κ1) is 32.8. The van der Waals surface area contributed by atoms with Crippen LogP contribution < -0.4 is 4.90 Å². The van der Waals surface area contributed by atoms with Crippen molar-refractivity contribution in [3.05, 3.63) is 218 Å². The Morgan fingerprint density at radius 2 is 0.895 bits per heavy atom. The highest BCUT2D eigenvalue weighted by Crippen LogP contribution is 2.45. The summed E-state index contributed by atoms with van der Waals surface area (Å²) in [7, 11) is 0. The second-order valence-electron chi connectivity index (χ2n) is 14.5. The van der Waals surface area contributed by atoms with Crippen LogP contribution in [0.5, 0.6) is 0 Å². The third-order valence-electron chi connectivity index (χ3n) is 11.2. The van der Waals surface area contributed by atoms with Gasteiger partial charge in [-0.2, -0.15) is 0 Å². The lowest BCUT2D eigenvalue weighted by atomic mass is 9.97. The fourth-order valence-electron chi connectivity index (χ4n) is 8.59. The highest BCUT2D eigenvalue weighted by atomic mass is 16.3. The van der Waals surface area contributed by atoms with Crippen molar-refractivity contribution in [2.45, 2.75) is 0 Å². The number of furan rings is 1. The highest BCUT2D eigenvalue weighted by Gasteiger charge is 2.22. The molecule has 57 heavy (non-hydrogen) atoms. The Labute approximate surface area is 330 Å². The molecule has 0 fully saturated rings. The van der Waals surface area contributed by atoms with Crippen LogP contribution in [0.15, 0.2) is 223 Å². The fourth-order valence-corrected chi connectivity index (χ4v) is 8.59. The number of hydrogen-bond acceptors (Lipinski definition) is 2. The molecule has 2 heterocycles. The molecule has 0 saturated heterocycles. The first-order valence-electron chi connectivity index (χ1n) is 19.4. The Bertz CT molecular complexity index is 3120. The van der Waals surface area contributed by atoms with Crippen molar-refractivity contribution >= 4 is 60.8 Å². The van der Waals surface area contributed by atoms with Crippen LogP contribution in [0.25, 0.3) is 82.8 Å². The zero-order valence-electron chi connectivity index (χ0n) is 31.1. The van der Waals surface area contributed by atoms with Crippen LogP contribution in [-0.2, 0) is 0 Å². The normalized spacial score (nSPS) is 11.5. The van der Waals surface area contributed by atoms with Gasteiger partial charge in [0.1, 0.15) is 11.2 Å². The smallest absolute Gasteiger partial charge is 0.137 e. The van der Waals surface area contributed by atoms with Crippen LogP contribution >= 0.6 is 0 Å². The van der Waals surface area contributed by atoms with E-state index in [1.54, 1.807) is 0 Å². The van der Waals surface area contributed by atoms with E-state index < -0.39 is 0 Å². The molecule has 268 valence electrons. The summed E-state index contributed by atoms with van der Waals surface area (Å²) in [6.45, 7) is 0. The maximum Gasteiger partial charge on any atom is 0.137 e. The van der Waals surface area contributed by atoms with Gasteiger partial charge in [-0.05, 0) is 94.5 Å². The van der Waals surface area contributed by atoms with Crippen LogP contribution in [-0.4, -0.2) is 4.57 Å². The number of anilines is 3. The van der Waals surface area contributed by atoms with E-state index in [2.05, 4.69) is 222 Å². The quantitative estimate of drug-likeness (QED) is 0.163. The lowest BCUT2D eigenvalue weighted by molar-refractivity contribution is 0.669. The standard InChI is InChI=1S/C54H36N2O/c1-3-16-37(17-4-1)40-34-41(38-18-5-2-6-19-38)36-43(35-40)55(51-27-15-29-53-54(51)47-23-10-14-28-52(47)57-53)42-32-30-39(31-33-42)44-20-7-11-24-48(44)56-49-25-12-8-21-45(49)46-22-9-13-26-50(46)56/h1-36H. The van der Waals surface area contributed by atoms with E-state index in [1.165, 1.54) is 38.5 Å². The summed E-state index contributed by atoms with van der Waals surface area (Å²) in [5.74, 6) is 0. The van der Waals surface area contributed by atoms with Gasteiger partial charge in [0.2, 0.25) is 0 Å². The van der Waals surface area contributed by atoms with Gasteiger partial charge in [-0.15, -0.1) is 0 Å². The minimum Gasteiger partial charge on any atom is -0.456 e. The van der Waals surface area contributed by atoms with Gasteiger partial charge in [-0.3, -0.25) is 0 Å². The van der Waals surface area contributed by atoms with E-state index in [4.69, 9.17) is 4.42 Å². The third kappa shape index (κ3) is 5.60. The fraction of sp³-hybridized carbons (Fsp3) is 0. The van der Waals surface area contributed by atoms with Gasteiger partial charge in [-0.25, -0.2) is 0 Å². The van der Waals surface area contributed by atoms with Crippen LogP contribution in [0.4, 0.5) is 17.1 Å². The van der Waals surface area contributed by atoms with E-state index in [-0.39, 0.29) is 0 Å². The summed E-state index contributed by atoms with van der Waals surface area (Å²) in [5.41, 5.74) is 15.4. The predicted molar refractivity (Wildman–Crippen MR) is 239 cm³/mol. The van der Waals surface area contributed by atoms with E-state index in [9.17, 15) is 0 Å². The van der Waals surface area contributed by atoms with Crippen molar-refractivity contribution in [3.63, 3.8) is 0 Å². The molecule has 0 unspecified atom stereocenters. The topological polar surface area (TPSA) is 21.3 Å². The minimum atomic E-state index is 0.859. The average Bonchev–Trinajstić information content (AvgIpc) is 3.84. The molecule has 0 spiro atoms. The van der Waals surface area contributed by atoms with Crippen LogP contribution in [0.3, 0.4) is 0 Å². The number of rotatable bonds is 7. The van der Waals surface area contributed by atoms with Gasteiger partial charge >= 0.3 is 0 Å². The molecule has 0 atom stereocenters. The molecule has 11 aromatic rings. The molecular weight excluding hydrogens is 693 g/mol. The molecule has 3 heteroatoms. The van der Waals surface area contributed by atoms with E-state index in [1.807, 2.05) is 6.07 Å². The molecule has 0 bridgehead atoms. The van der Waals surface area contributed by atoms with Gasteiger partial charge in [0.05, 0.1) is 27.8 Å². The second-order valence-corrected chi connectivity index (χ2v) is 14.5. The molecule has 0 aliphatic carbocycles. The maximum absolute atomic E-state index is 6.46. The number of nitrogens with zero attached hydrogens (tertiary/aromatic N) is 2. The Kier molecular flexibility index (Phi) is 7.82. The molecule has 0 N–H and O–H groups in total. The average molecular weight is 729 g/mol. The van der Waals surface area contributed by atoms with Gasteiger partial charge in [0.25, 0.3) is 0 Å². The molecule has 0 aliphatic heterocycles. The SMILES string of the molecule is c1ccc(-c2cc(-c3ccccc3)cc(N(c3ccc(-c4ccccc4-n4c5ccccc5c5ccccc54)cc3)c3cccc4oc5ccccc5c34)c2)cc1. The van der Waals surface area contributed by atoms with Crippen LogP contribution in [0.2, 0.25) is 0 Å². The van der Waals surface area contributed by atoms with Gasteiger partial charge in [0, 0.05) is 33.1 Å². The summed E-state index contributed by atoms with van der Waals surface area (Å²) < 4.78 is 8.87. The Balaban J connectivity index is 1.12. The van der Waals surface area contributed by atoms with Gasteiger partial charge in [-0.1, -0.05) is 152 Å². The molecule has 11 rings (SSSR count). The lowest BCUT2D eigenvalue weighted by Crippen LogP contribution is -2.11. The zero-order valence-corrected chi connectivity index (χ0v) is 31.1. The number of fused-ring (bicyclic) bond motifs is 6. The lowest BCUT2D eigenvalue weighted by Gasteiger charge is -2.28. The van der Waals surface area contributed by atoms with E-state index in [0.717, 1.165) is 61.4 Å². The molecule has 0 saturated carbocycles. The Hall–Kier alpha value is -7.62.